The van der Waals surface area contributed by atoms with Gasteiger partial charge in [0.1, 0.15) is 3.70 Å². The molecule has 0 radical (unpaired) electrons. The van der Waals surface area contributed by atoms with E-state index < -0.39 is 0 Å². The molecule has 0 saturated carbocycles. The second kappa shape index (κ2) is 2.20. The molecule has 2 heterocycles. The highest BCUT2D eigenvalue weighted by atomic mass is 127. The number of nitrogens with zero attached hydrogens (tertiary/aromatic N) is 2. The first-order valence-corrected chi connectivity index (χ1v) is 4.82. The standard InChI is InChI=1S/C6H5IN2S/c1-4-3-10-6-8-2-5(7)9(4)6/h2-3H,1H3. The molecule has 52 valence electrons. The van der Waals surface area contributed by atoms with E-state index in [-0.39, 0.29) is 0 Å². The number of fused-ring (bicyclic) bond motifs is 1. The first kappa shape index (κ1) is 6.60. The summed E-state index contributed by atoms with van der Waals surface area (Å²) in [6.45, 7) is 2.09. The van der Waals surface area contributed by atoms with Crippen LogP contribution in [0.5, 0.6) is 0 Å². The largest absolute Gasteiger partial charge is 0.283 e. The number of halogens is 1. The Bertz CT molecular complexity index is 331. The Labute approximate surface area is 76.0 Å². The van der Waals surface area contributed by atoms with Crippen LogP contribution in [0.25, 0.3) is 4.96 Å². The second-order valence-electron chi connectivity index (χ2n) is 2.08. The Morgan fingerprint density at radius 2 is 2.50 bits per heavy atom. The minimum absolute atomic E-state index is 1.09. The Balaban J connectivity index is 2.98. The van der Waals surface area contributed by atoms with Crippen molar-refractivity contribution in [2.75, 3.05) is 0 Å². The minimum Gasteiger partial charge on any atom is -0.283 e. The van der Waals surface area contributed by atoms with Gasteiger partial charge < -0.3 is 0 Å². The van der Waals surface area contributed by atoms with Crippen LogP contribution in [-0.2, 0) is 0 Å². The van der Waals surface area contributed by atoms with Gasteiger partial charge in [-0.05, 0) is 29.5 Å². The van der Waals surface area contributed by atoms with Crippen LogP contribution in [0.1, 0.15) is 5.69 Å². The smallest absolute Gasteiger partial charge is 0.194 e. The Morgan fingerprint density at radius 1 is 1.70 bits per heavy atom. The molecular weight excluding hydrogens is 259 g/mol. The number of hydrogen-bond donors (Lipinski definition) is 0. The van der Waals surface area contributed by atoms with E-state index in [4.69, 9.17) is 0 Å². The van der Waals surface area contributed by atoms with Gasteiger partial charge in [-0.2, -0.15) is 0 Å². The molecule has 0 fully saturated rings. The lowest BCUT2D eigenvalue weighted by Crippen LogP contribution is -1.83. The van der Waals surface area contributed by atoms with Crippen molar-refractivity contribution in [2.45, 2.75) is 6.92 Å². The third-order valence-electron chi connectivity index (χ3n) is 1.37. The highest BCUT2D eigenvalue weighted by Gasteiger charge is 2.02. The number of thiazole rings is 1. The quantitative estimate of drug-likeness (QED) is 0.667. The number of hydrogen-bond acceptors (Lipinski definition) is 2. The topological polar surface area (TPSA) is 17.3 Å². The minimum atomic E-state index is 1.09. The van der Waals surface area contributed by atoms with Crippen LogP contribution in [0.2, 0.25) is 0 Å². The van der Waals surface area contributed by atoms with Crippen LogP contribution in [0.15, 0.2) is 11.6 Å². The summed E-state index contributed by atoms with van der Waals surface area (Å²) in [6.07, 6.45) is 1.89. The molecule has 10 heavy (non-hydrogen) atoms. The molecule has 2 aromatic rings. The van der Waals surface area contributed by atoms with Crippen LogP contribution >= 0.6 is 33.9 Å². The van der Waals surface area contributed by atoms with Gasteiger partial charge in [0.15, 0.2) is 4.96 Å². The predicted molar refractivity (Wildman–Crippen MR) is 50.5 cm³/mol. The van der Waals surface area contributed by atoms with E-state index in [0.29, 0.717) is 0 Å². The number of imidazole rings is 1. The fourth-order valence-corrected chi connectivity index (χ4v) is 2.66. The summed E-state index contributed by atoms with van der Waals surface area (Å²) < 4.78 is 3.33. The van der Waals surface area contributed by atoms with Gasteiger partial charge in [-0.25, -0.2) is 4.98 Å². The van der Waals surface area contributed by atoms with Crippen molar-refractivity contribution in [3.8, 4) is 0 Å². The maximum atomic E-state index is 4.21. The van der Waals surface area contributed by atoms with Crippen LogP contribution in [-0.4, -0.2) is 9.38 Å². The summed E-state index contributed by atoms with van der Waals surface area (Å²) in [4.78, 5) is 5.30. The Hall–Kier alpha value is -0.100. The number of aromatic nitrogens is 2. The van der Waals surface area contributed by atoms with Crippen LogP contribution in [0.3, 0.4) is 0 Å². The van der Waals surface area contributed by atoms with Crippen molar-refractivity contribution in [1.29, 1.82) is 0 Å². The molecule has 0 unspecified atom stereocenters. The van der Waals surface area contributed by atoms with Crippen LogP contribution < -0.4 is 0 Å². The summed E-state index contributed by atoms with van der Waals surface area (Å²) in [7, 11) is 0. The maximum absolute atomic E-state index is 4.21. The molecule has 0 spiro atoms. The third-order valence-corrected chi connectivity index (χ3v) is 3.09. The first-order chi connectivity index (χ1) is 4.79. The van der Waals surface area contributed by atoms with Gasteiger partial charge in [-0.3, -0.25) is 4.40 Å². The number of rotatable bonds is 0. The average Bonchev–Trinajstić information content (AvgIpc) is 2.40. The molecule has 0 amide bonds. The van der Waals surface area contributed by atoms with Crippen molar-refractivity contribution < 1.29 is 0 Å². The highest BCUT2D eigenvalue weighted by molar-refractivity contribution is 14.1. The molecule has 0 atom stereocenters. The molecule has 0 bridgehead atoms. The molecule has 0 aromatic carbocycles. The summed E-state index contributed by atoms with van der Waals surface area (Å²) in [6, 6.07) is 0. The lowest BCUT2D eigenvalue weighted by atomic mass is 10.6. The predicted octanol–water partition coefficient (Wildman–Crippen LogP) is 2.31. The molecule has 0 aliphatic heterocycles. The van der Waals surface area contributed by atoms with E-state index in [2.05, 4.69) is 44.3 Å². The van der Waals surface area contributed by atoms with Gasteiger partial charge in [0.05, 0.1) is 6.20 Å². The molecular formula is C6H5IN2S. The molecule has 0 aliphatic carbocycles. The van der Waals surface area contributed by atoms with Gasteiger partial charge >= 0.3 is 0 Å². The summed E-state index contributed by atoms with van der Waals surface area (Å²) in [5.74, 6) is 0. The SMILES string of the molecule is Cc1csc2ncc(I)n12. The van der Waals surface area contributed by atoms with Crippen molar-refractivity contribution in [3.05, 3.63) is 21.0 Å². The van der Waals surface area contributed by atoms with E-state index in [9.17, 15) is 0 Å². The molecule has 0 saturated heterocycles. The van der Waals surface area contributed by atoms with Crippen LogP contribution in [0, 0.1) is 10.6 Å². The second-order valence-corrected chi connectivity index (χ2v) is 4.02. The molecule has 4 heteroatoms. The average molecular weight is 264 g/mol. The van der Waals surface area contributed by atoms with E-state index in [1.807, 2.05) is 6.20 Å². The van der Waals surface area contributed by atoms with E-state index in [1.54, 1.807) is 11.3 Å². The van der Waals surface area contributed by atoms with E-state index in [1.165, 1.54) is 9.39 Å². The highest BCUT2D eigenvalue weighted by Crippen LogP contribution is 2.17. The maximum Gasteiger partial charge on any atom is 0.194 e. The van der Waals surface area contributed by atoms with Gasteiger partial charge in [-0.15, -0.1) is 11.3 Å². The fourth-order valence-electron chi connectivity index (χ4n) is 0.908. The fraction of sp³-hybridized carbons (Fsp3) is 0.167. The van der Waals surface area contributed by atoms with Crippen molar-refractivity contribution >= 4 is 38.9 Å². The zero-order chi connectivity index (χ0) is 7.14. The van der Waals surface area contributed by atoms with Gasteiger partial charge in [-0.1, -0.05) is 0 Å². The third kappa shape index (κ3) is 0.784. The molecule has 2 aromatic heterocycles. The summed E-state index contributed by atoms with van der Waals surface area (Å²) >= 11 is 3.96. The lowest BCUT2D eigenvalue weighted by Gasteiger charge is -1.88. The van der Waals surface area contributed by atoms with Crippen molar-refractivity contribution in [2.24, 2.45) is 0 Å². The Morgan fingerprint density at radius 3 is 3.20 bits per heavy atom. The van der Waals surface area contributed by atoms with E-state index >= 15 is 0 Å². The Kier molecular flexibility index (Phi) is 1.45. The zero-order valence-electron chi connectivity index (χ0n) is 5.34. The first-order valence-electron chi connectivity index (χ1n) is 2.86. The van der Waals surface area contributed by atoms with Gasteiger partial charge in [0, 0.05) is 11.1 Å². The van der Waals surface area contributed by atoms with Gasteiger partial charge in [0.2, 0.25) is 0 Å². The molecule has 0 aliphatic rings. The van der Waals surface area contributed by atoms with Crippen molar-refractivity contribution in [1.82, 2.24) is 9.38 Å². The molecule has 2 nitrogen and oxygen atoms in total. The molecule has 0 N–H and O–H groups in total. The summed E-state index contributed by atoms with van der Waals surface area (Å²) in [5, 5.41) is 2.12. The number of aryl methyl sites for hydroxylation is 1. The monoisotopic (exact) mass is 264 g/mol. The lowest BCUT2D eigenvalue weighted by molar-refractivity contribution is 1.10. The van der Waals surface area contributed by atoms with E-state index in [0.717, 1.165) is 4.96 Å². The van der Waals surface area contributed by atoms with Crippen LogP contribution in [0.4, 0.5) is 0 Å². The normalized spacial score (nSPS) is 11.0. The summed E-state index contributed by atoms with van der Waals surface area (Å²) in [5.41, 5.74) is 1.27. The van der Waals surface area contributed by atoms with Gasteiger partial charge in [0.25, 0.3) is 0 Å². The van der Waals surface area contributed by atoms with Crippen molar-refractivity contribution in [3.63, 3.8) is 0 Å². The zero-order valence-corrected chi connectivity index (χ0v) is 8.31. The molecule has 2 rings (SSSR count).